The lowest BCUT2D eigenvalue weighted by atomic mass is 10.1. The van der Waals surface area contributed by atoms with Crippen LogP contribution in [0.4, 0.5) is 0 Å². The van der Waals surface area contributed by atoms with Crippen molar-refractivity contribution < 1.29 is 5.11 Å². The SMILES string of the molecule is CC(CO)N(C)C(CN)c1ccncc1. The quantitative estimate of drug-likeness (QED) is 0.736. The first-order chi connectivity index (χ1) is 7.20. The lowest BCUT2D eigenvalue weighted by molar-refractivity contribution is 0.122. The largest absolute Gasteiger partial charge is 0.395 e. The van der Waals surface area contributed by atoms with E-state index in [1.54, 1.807) is 12.4 Å². The second-order valence-corrected chi connectivity index (χ2v) is 3.73. The zero-order chi connectivity index (χ0) is 11.3. The highest BCUT2D eigenvalue weighted by Crippen LogP contribution is 2.19. The molecule has 2 unspecified atom stereocenters. The number of nitrogens with zero attached hydrogens (tertiary/aromatic N) is 2. The van der Waals surface area contributed by atoms with Crippen LogP contribution in [0.3, 0.4) is 0 Å². The van der Waals surface area contributed by atoms with E-state index < -0.39 is 0 Å². The van der Waals surface area contributed by atoms with Crippen LogP contribution >= 0.6 is 0 Å². The monoisotopic (exact) mass is 209 g/mol. The van der Waals surface area contributed by atoms with E-state index in [9.17, 15) is 0 Å². The van der Waals surface area contributed by atoms with Crippen molar-refractivity contribution in [2.75, 3.05) is 20.2 Å². The van der Waals surface area contributed by atoms with Crippen molar-refractivity contribution in [3.05, 3.63) is 30.1 Å². The number of rotatable bonds is 5. The fourth-order valence-electron chi connectivity index (χ4n) is 1.56. The number of likely N-dealkylation sites (N-methyl/N-ethyl adjacent to an activating group) is 1. The third-order valence-corrected chi connectivity index (χ3v) is 2.77. The first-order valence-electron chi connectivity index (χ1n) is 5.13. The van der Waals surface area contributed by atoms with Crippen LogP contribution in [0.15, 0.2) is 24.5 Å². The molecule has 4 heteroatoms. The van der Waals surface area contributed by atoms with Crippen LogP contribution < -0.4 is 5.73 Å². The summed E-state index contributed by atoms with van der Waals surface area (Å²) in [4.78, 5) is 6.06. The zero-order valence-corrected chi connectivity index (χ0v) is 9.30. The van der Waals surface area contributed by atoms with E-state index in [4.69, 9.17) is 10.8 Å². The molecule has 1 aromatic rings. The molecule has 0 aliphatic carbocycles. The smallest absolute Gasteiger partial charge is 0.0584 e. The first kappa shape index (κ1) is 12.1. The van der Waals surface area contributed by atoms with E-state index in [-0.39, 0.29) is 18.7 Å². The molecule has 0 aromatic carbocycles. The fourth-order valence-corrected chi connectivity index (χ4v) is 1.56. The molecule has 0 aliphatic rings. The molecule has 0 saturated carbocycles. The Morgan fingerprint density at radius 3 is 2.53 bits per heavy atom. The van der Waals surface area contributed by atoms with Crippen molar-refractivity contribution in [1.29, 1.82) is 0 Å². The first-order valence-corrected chi connectivity index (χ1v) is 5.13. The molecule has 2 atom stereocenters. The summed E-state index contributed by atoms with van der Waals surface area (Å²) < 4.78 is 0. The molecule has 3 N–H and O–H groups in total. The van der Waals surface area contributed by atoms with Crippen LogP contribution in [-0.2, 0) is 0 Å². The van der Waals surface area contributed by atoms with Gasteiger partial charge in [0.15, 0.2) is 0 Å². The Kier molecular flexibility index (Phi) is 4.68. The number of hydrogen-bond acceptors (Lipinski definition) is 4. The number of aromatic nitrogens is 1. The Morgan fingerprint density at radius 1 is 1.47 bits per heavy atom. The van der Waals surface area contributed by atoms with E-state index in [1.165, 1.54) is 0 Å². The second kappa shape index (κ2) is 5.80. The van der Waals surface area contributed by atoms with Crippen LogP contribution in [-0.4, -0.2) is 41.2 Å². The Bertz CT molecular complexity index is 278. The topological polar surface area (TPSA) is 62.4 Å². The molecule has 0 amide bonds. The van der Waals surface area contributed by atoms with Gasteiger partial charge in [-0.05, 0) is 31.7 Å². The van der Waals surface area contributed by atoms with E-state index in [0.717, 1.165) is 5.56 Å². The molecule has 1 aromatic heterocycles. The maximum atomic E-state index is 9.10. The third-order valence-electron chi connectivity index (χ3n) is 2.77. The number of aliphatic hydroxyl groups is 1. The molecule has 0 saturated heterocycles. The van der Waals surface area contributed by atoms with Gasteiger partial charge in [-0.15, -0.1) is 0 Å². The molecule has 0 spiro atoms. The summed E-state index contributed by atoms with van der Waals surface area (Å²) in [6.07, 6.45) is 3.52. The predicted molar refractivity (Wildman–Crippen MR) is 60.3 cm³/mol. The Morgan fingerprint density at radius 2 is 2.07 bits per heavy atom. The van der Waals surface area contributed by atoms with Crippen molar-refractivity contribution in [1.82, 2.24) is 9.88 Å². The number of nitrogens with two attached hydrogens (primary N) is 1. The van der Waals surface area contributed by atoms with Gasteiger partial charge in [0.05, 0.1) is 6.61 Å². The number of hydrogen-bond donors (Lipinski definition) is 2. The van der Waals surface area contributed by atoms with Gasteiger partial charge in [-0.1, -0.05) is 0 Å². The molecular weight excluding hydrogens is 190 g/mol. The molecule has 4 nitrogen and oxygen atoms in total. The van der Waals surface area contributed by atoms with Gasteiger partial charge in [-0.3, -0.25) is 9.88 Å². The number of pyridine rings is 1. The van der Waals surface area contributed by atoms with Crippen molar-refractivity contribution in [2.24, 2.45) is 5.73 Å². The highest BCUT2D eigenvalue weighted by Gasteiger charge is 2.19. The van der Waals surface area contributed by atoms with Crippen LogP contribution in [0.2, 0.25) is 0 Å². The highest BCUT2D eigenvalue weighted by molar-refractivity contribution is 5.15. The van der Waals surface area contributed by atoms with Gasteiger partial charge in [0, 0.05) is 31.0 Å². The summed E-state index contributed by atoms with van der Waals surface area (Å²) >= 11 is 0. The van der Waals surface area contributed by atoms with Crippen LogP contribution in [0.25, 0.3) is 0 Å². The second-order valence-electron chi connectivity index (χ2n) is 3.73. The molecule has 1 heterocycles. The van der Waals surface area contributed by atoms with E-state index >= 15 is 0 Å². The lowest BCUT2D eigenvalue weighted by Gasteiger charge is -2.31. The Balaban J connectivity index is 2.80. The standard InChI is InChI=1S/C11H19N3O/c1-9(8-15)14(2)11(7-12)10-3-5-13-6-4-10/h3-6,9,11,15H,7-8,12H2,1-2H3. The summed E-state index contributed by atoms with van der Waals surface area (Å²) in [6.45, 7) is 2.65. The molecule has 0 bridgehead atoms. The molecule has 84 valence electrons. The van der Waals surface area contributed by atoms with E-state index in [0.29, 0.717) is 6.54 Å². The van der Waals surface area contributed by atoms with Crippen LogP contribution in [0.1, 0.15) is 18.5 Å². The van der Waals surface area contributed by atoms with Gasteiger partial charge in [0.2, 0.25) is 0 Å². The van der Waals surface area contributed by atoms with Gasteiger partial charge in [0.25, 0.3) is 0 Å². The van der Waals surface area contributed by atoms with Gasteiger partial charge in [0.1, 0.15) is 0 Å². The van der Waals surface area contributed by atoms with Crippen LogP contribution in [0.5, 0.6) is 0 Å². The third kappa shape index (κ3) is 2.99. The average molecular weight is 209 g/mol. The molecular formula is C11H19N3O. The normalized spacial score (nSPS) is 15.3. The van der Waals surface area contributed by atoms with Gasteiger partial charge < -0.3 is 10.8 Å². The maximum Gasteiger partial charge on any atom is 0.0584 e. The maximum absolute atomic E-state index is 9.10. The van der Waals surface area contributed by atoms with Crippen molar-refractivity contribution in [3.8, 4) is 0 Å². The lowest BCUT2D eigenvalue weighted by Crippen LogP contribution is -2.38. The minimum atomic E-state index is 0.103. The molecule has 0 fully saturated rings. The Hall–Kier alpha value is -0.970. The van der Waals surface area contributed by atoms with Crippen molar-refractivity contribution in [3.63, 3.8) is 0 Å². The van der Waals surface area contributed by atoms with Crippen LogP contribution in [0, 0.1) is 0 Å². The van der Waals surface area contributed by atoms with Gasteiger partial charge >= 0.3 is 0 Å². The highest BCUT2D eigenvalue weighted by atomic mass is 16.3. The van der Waals surface area contributed by atoms with Gasteiger partial charge in [-0.2, -0.15) is 0 Å². The van der Waals surface area contributed by atoms with Crippen molar-refractivity contribution >= 4 is 0 Å². The summed E-state index contributed by atoms with van der Waals surface area (Å²) in [5.41, 5.74) is 6.89. The molecule has 15 heavy (non-hydrogen) atoms. The summed E-state index contributed by atoms with van der Waals surface area (Å²) in [5.74, 6) is 0. The predicted octanol–water partition coefficient (Wildman–Crippen LogP) is 0.394. The molecule has 0 radical (unpaired) electrons. The average Bonchev–Trinajstić information content (AvgIpc) is 2.30. The summed E-state index contributed by atoms with van der Waals surface area (Å²) in [6, 6.07) is 4.15. The summed E-state index contributed by atoms with van der Waals surface area (Å²) in [7, 11) is 1.97. The Labute approximate surface area is 90.7 Å². The molecule has 1 rings (SSSR count). The minimum absolute atomic E-state index is 0.103. The van der Waals surface area contributed by atoms with E-state index in [2.05, 4.69) is 9.88 Å². The van der Waals surface area contributed by atoms with E-state index in [1.807, 2.05) is 26.1 Å². The van der Waals surface area contributed by atoms with Crippen molar-refractivity contribution in [2.45, 2.75) is 19.0 Å². The minimum Gasteiger partial charge on any atom is -0.395 e. The summed E-state index contributed by atoms with van der Waals surface area (Å²) in [5, 5.41) is 9.10. The van der Waals surface area contributed by atoms with Gasteiger partial charge in [-0.25, -0.2) is 0 Å². The number of aliphatic hydroxyl groups excluding tert-OH is 1. The fraction of sp³-hybridized carbons (Fsp3) is 0.545. The molecule has 0 aliphatic heterocycles. The zero-order valence-electron chi connectivity index (χ0n) is 9.30.